The number of rotatable bonds is 6. The van der Waals surface area contributed by atoms with Gasteiger partial charge >= 0.3 is 6.09 Å². The van der Waals surface area contributed by atoms with Crippen LogP contribution in [0.1, 0.15) is 54.4 Å². The van der Waals surface area contributed by atoms with Gasteiger partial charge in [-0.1, -0.05) is 0 Å². The van der Waals surface area contributed by atoms with Crippen molar-refractivity contribution in [2.75, 3.05) is 36.5 Å². The van der Waals surface area contributed by atoms with E-state index in [9.17, 15) is 23.0 Å². The van der Waals surface area contributed by atoms with Gasteiger partial charge in [-0.3, -0.25) is 14.5 Å². The molecule has 1 N–H and O–H groups in total. The molecule has 2 aromatic rings. The molecule has 0 spiro atoms. The first kappa shape index (κ1) is 33.3. The van der Waals surface area contributed by atoms with Gasteiger partial charge in [0, 0.05) is 37.1 Å². The zero-order chi connectivity index (χ0) is 32.3. The maximum atomic E-state index is 13.6. The predicted molar refractivity (Wildman–Crippen MR) is 165 cm³/mol. The second kappa shape index (κ2) is 13.2. The largest absolute Gasteiger partial charge is 0.456 e. The van der Waals surface area contributed by atoms with E-state index in [1.165, 1.54) is 30.5 Å². The lowest BCUT2D eigenvalue weighted by Crippen LogP contribution is -2.64. The van der Waals surface area contributed by atoms with E-state index < -0.39 is 33.0 Å². The van der Waals surface area contributed by atoms with Crippen molar-refractivity contribution in [1.29, 1.82) is 0 Å². The second-order valence-corrected chi connectivity index (χ2v) is 15.4. The predicted octanol–water partition coefficient (Wildman–Crippen LogP) is 5.08. The Hall–Kier alpha value is -3.58. The maximum Gasteiger partial charge on any atom is 0.442 e. The first-order chi connectivity index (χ1) is 20.5. The Kier molecular flexibility index (Phi) is 9.99. The lowest BCUT2D eigenvalue weighted by Gasteiger charge is -2.49. The fraction of sp³-hybridized carbons (Fsp3) is 0.548. The summed E-state index contributed by atoms with van der Waals surface area (Å²) in [6, 6.07) is 8.46. The van der Waals surface area contributed by atoms with E-state index in [1.54, 1.807) is 32.9 Å². The molecule has 1 aromatic heterocycles. The van der Waals surface area contributed by atoms with Crippen molar-refractivity contribution >= 4 is 33.5 Å². The number of aromatic nitrogens is 1. The third kappa shape index (κ3) is 8.75. The number of benzene rings is 1. The van der Waals surface area contributed by atoms with Crippen LogP contribution in [0.5, 0.6) is 11.5 Å². The molecule has 11 nitrogen and oxygen atoms in total. The van der Waals surface area contributed by atoms with Crippen molar-refractivity contribution in [3.63, 3.8) is 0 Å². The minimum Gasteiger partial charge on any atom is -0.456 e. The molecule has 0 aliphatic carbocycles. The molecule has 0 saturated carbocycles. The first-order valence-electron chi connectivity index (χ1n) is 14.7. The van der Waals surface area contributed by atoms with Crippen LogP contribution in [-0.4, -0.2) is 85.2 Å². The summed E-state index contributed by atoms with van der Waals surface area (Å²) in [5.41, 5.74) is -1.26. The minimum atomic E-state index is -2.76. The zero-order valence-corrected chi connectivity index (χ0v) is 27.0. The molecule has 0 unspecified atom stereocenters. The van der Waals surface area contributed by atoms with Gasteiger partial charge in [-0.25, -0.2) is 18.4 Å². The Morgan fingerprint density at radius 1 is 1.07 bits per heavy atom. The van der Waals surface area contributed by atoms with Gasteiger partial charge in [0.1, 0.15) is 28.7 Å². The average Bonchev–Trinajstić information content (AvgIpc) is 2.93. The summed E-state index contributed by atoms with van der Waals surface area (Å²) in [5, 5.41) is 2.84. The van der Waals surface area contributed by atoms with Gasteiger partial charge in [0.15, 0.2) is 0 Å². The van der Waals surface area contributed by atoms with E-state index in [2.05, 4.69) is 14.7 Å². The smallest absolute Gasteiger partial charge is 0.442 e. The van der Waals surface area contributed by atoms with Crippen LogP contribution in [0, 0.1) is 11.7 Å². The van der Waals surface area contributed by atoms with Crippen molar-refractivity contribution in [2.45, 2.75) is 71.6 Å². The topological polar surface area (TPSA) is 130 Å². The van der Waals surface area contributed by atoms with E-state index in [1.807, 2.05) is 30.6 Å². The molecule has 240 valence electrons. The van der Waals surface area contributed by atoms with E-state index in [-0.39, 0.29) is 35.1 Å². The van der Waals surface area contributed by atoms with Crippen molar-refractivity contribution < 1.29 is 32.5 Å². The van der Waals surface area contributed by atoms with Crippen LogP contribution in [0.15, 0.2) is 47.0 Å². The normalized spacial score (nSPS) is 22.9. The lowest BCUT2D eigenvalue weighted by molar-refractivity contribution is -0.146. The molecular formula is C31H42FN5O6S. The Morgan fingerprint density at radius 3 is 2.27 bits per heavy atom. The molecule has 1 aromatic carbocycles. The quantitative estimate of drug-likeness (QED) is 0.468. The lowest BCUT2D eigenvalue weighted by atomic mass is 9.93. The van der Waals surface area contributed by atoms with Crippen LogP contribution >= 0.6 is 0 Å². The number of hydrogen-bond acceptors (Lipinski definition) is 8. The molecule has 4 rings (SSSR count). The number of halogens is 1. The van der Waals surface area contributed by atoms with Crippen LogP contribution in [0.25, 0.3) is 0 Å². The summed E-state index contributed by atoms with van der Waals surface area (Å²) in [5.74, 6) is 0.749. The van der Waals surface area contributed by atoms with Crippen LogP contribution in [0.3, 0.4) is 0 Å². The number of piperazine rings is 1. The van der Waals surface area contributed by atoms with Crippen LogP contribution in [-0.2, 0) is 24.1 Å². The number of amides is 3. The van der Waals surface area contributed by atoms with Gasteiger partial charge in [0.25, 0.3) is 0 Å². The summed E-state index contributed by atoms with van der Waals surface area (Å²) in [4.78, 5) is 46.9. The molecule has 44 heavy (non-hydrogen) atoms. The molecule has 0 bridgehead atoms. The molecule has 3 amide bonds. The Bertz CT molecular complexity index is 1470. The summed E-state index contributed by atoms with van der Waals surface area (Å²) in [6.45, 7) is 12.4. The third-order valence-corrected chi connectivity index (χ3v) is 9.94. The number of pyridine rings is 1. The fourth-order valence-corrected chi connectivity index (χ4v) is 7.36. The van der Waals surface area contributed by atoms with Crippen molar-refractivity contribution in [3.05, 3.63) is 48.4 Å². The summed E-state index contributed by atoms with van der Waals surface area (Å²) >= 11 is 0. The van der Waals surface area contributed by atoms with Gasteiger partial charge in [-0.05, 0) is 90.8 Å². The highest BCUT2D eigenvalue weighted by atomic mass is 32.2. The number of nitrogens with zero attached hydrogens (tertiary/aromatic N) is 4. The molecule has 1 atom stereocenters. The Labute approximate surface area is 258 Å². The van der Waals surface area contributed by atoms with Crippen molar-refractivity contribution in [2.24, 2.45) is 10.3 Å². The molecule has 2 fully saturated rings. The van der Waals surface area contributed by atoms with E-state index in [4.69, 9.17) is 9.47 Å². The fourth-order valence-electron chi connectivity index (χ4n) is 5.36. The van der Waals surface area contributed by atoms with E-state index >= 15 is 0 Å². The highest BCUT2D eigenvalue weighted by Gasteiger charge is 2.42. The summed E-state index contributed by atoms with van der Waals surface area (Å²) in [6.07, 6.45) is 1.43. The third-order valence-electron chi connectivity index (χ3n) is 7.72. The molecule has 13 heteroatoms. The average molecular weight is 632 g/mol. The monoisotopic (exact) mass is 631 g/mol. The highest BCUT2D eigenvalue weighted by molar-refractivity contribution is 7.93. The van der Waals surface area contributed by atoms with Gasteiger partial charge < -0.3 is 19.7 Å². The SMILES string of the molecule is C[C@@H](C(=O)Nc1ccc(Oc2ccc(F)cc2)cn1)N1CCN(C(=O)C2CCS(=O)(=NC(=O)OC(C)(C)C)CC2)C(C)(C)C1. The van der Waals surface area contributed by atoms with Gasteiger partial charge in [-0.15, -0.1) is 4.36 Å². The van der Waals surface area contributed by atoms with E-state index in [0.29, 0.717) is 49.8 Å². The maximum absolute atomic E-state index is 13.6. The Morgan fingerprint density at radius 2 is 1.70 bits per heavy atom. The highest BCUT2D eigenvalue weighted by Crippen LogP contribution is 2.30. The molecule has 2 saturated heterocycles. The Balaban J connectivity index is 1.29. The van der Waals surface area contributed by atoms with Crippen molar-refractivity contribution in [1.82, 2.24) is 14.8 Å². The molecule has 3 heterocycles. The number of carbonyl (C=O) groups is 3. The molecule has 2 aliphatic heterocycles. The zero-order valence-electron chi connectivity index (χ0n) is 26.2. The first-order valence-corrected chi connectivity index (χ1v) is 16.6. The van der Waals surface area contributed by atoms with Crippen LogP contribution in [0.2, 0.25) is 0 Å². The van der Waals surface area contributed by atoms with Crippen LogP contribution < -0.4 is 10.1 Å². The summed E-state index contributed by atoms with van der Waals surface area (Å²) in [7, 11) is -2.76. The summed E-state index contributed by atoms with van der Waals surface area (Å²) < 4.78 is 41.0. The van der Waals surface area contributed by atoms with Crippen LogP contribution in [0.4, 0.5) is 15.0 Å². The molecule has 0 radical (unpaired) electrons. The minimum absolute atomic E-state index is 0.00220. The molecule has 2 aliphatic rings. The number of carbonyl (C=O) groups excluding carboxylic acids is 3. The number of anilines is 1. The van der Waals surface area contributed by atoms with Gasteiger partial charge in [0.05, 0.1) is 27.5 Å². The van der Waals surface area contributed by atoms with E-state index in [0.717, 1.165) is 0 Å². The molecular weight excluding hydrogens is 589 g/mol. The number of hydrogen-bond donors (Lipinski definition) is 1. The number of nitrogens with one attached hydrogen (secondary N) is 1. The number of ether oxygens (including phenoxy) is 2. The van der Waals surface area contributed by atoms with Gasteiger partial charge in [-0.2, -0.15) is 0 Å². The van der Waals surface area contributed by atoms with Gasteiger partial charge in [0.2, 0.25) is 11.8 Å². The standard InChI is InChI=1S/C31H42FN5O6S/c1-21(27(38)34-26-12-11-25(19-33-26)42-24-9-7-23(32)8-10-24)36-15-16-37(31(5,6)20-36)28(39)22-13-17-44(41,18-14-22)35-29(40)43-30(2,3)4/h7-12,19,21-22H,13-18,20H2,1-6H3,(H,33,34,38)/t21-,22?,44?/m0/s1. The second-order valence-electron chi connectivity index (χ2n) is 12.9. The van der Waals surface area contributed by atoms with Crippen molar-refractivity contribution in [3.8, 4) is 11.5 Å².